The fourth-order valence-corrected chi connectivity index (χ4v) is 3.82. The van der Waals surface area contributed by atoms with Gasteiger partial charge in [-0.1, -0.05) is 47.7 Å². The van der Waals surface area contributed by atoms with E-state index in [1.54, 1.807) is 30.5 Å². The molecule has 2 heterocycles. The van der Waals surface area contributed by atoms with Crippen LogP contribution < -0.4 is 9.64 Å². The van der Waals surface area contributed by atoms with Gasteiger partial charge in [-0.05, 0) is 35.4 Å². The molecule has 2 aromatic carbocycles. The average molecular weight is 401 g/mol. The maximum Gasteiger partial charge on any atom is 0.253 e. The van der Waals surface area contributed by atoms with Crippen molar-refractivity contribution >= 4 is 38.7 Å². The van der Waals surface area contributed by atoms with Crippen molar-refractivity contribution < 1.29 is 9.53 Å². The molecule has 0 aliphatic carbocycles. The van der Waals surface area contributed by atoms with Crippen LogP contribution in [0.3, 0.4) is 0 Å². The molecular formula is C23H19N3O2S. The molecule has 0 saturated heterocycles. The Kier molecular flexibility index (Phi) is 5.63. The maximum atomic E-state index is 13.1. The van der Waals surface area contributed by atoms with Gasteiger partial charge < -0.3 is 4.74 Å². The van der Waals surface area contributed by atoms with Crippen molar-refractivity contribution in [1.29, 1.82) is 0 Å². The number of thiazole rings is 1. The average Bonchev–Trinajstić information content (AvgIpc) is 3.20. The van der Waals surface area contributed by atoms with E-state index in [9.17, 15) is 4.79 Å². The summed E-state index contributed by atoms with van der Waals surface area (Å²) in [4.78, 5) is 23.6. The number of fused-ring (bicyclic) bond motifs is 1. The van der Waals surface area contributed by atoms with Crippen molar-refractivity contribution in [2.24, 2.45) is 0 Å². The van der Waals surface area contributed by atoms with Crippen molar-refractivity contribution in [3.05, 3.63) is 90.3 Å². The highest BCUT2D eigenvalue weighted by atomic mass is 32.1. The van der Waals surface area contributed by atoms with E-state index in [1.165, 1.54) is 11.3 Å². The molecule has 144 valence electrons. The summed E-state index contributed by atoms with van der Waals surface area (Å²) in [5.41, 5.74) is 2.71. The first-order valence-electron chi connectivity index (χ1n) is 9.11. The number of pyridine rings is 1. The molecule has 2 aromatic heterocycles. The van der Waals surface area contributed by atoms with E-state index >= 15 is 0 Å². The van der Waals surface area contributed by atoms with Crippen molar-refractivity contribution in [3.8, 4) is 5.75 Å². The minimum atomic E-state index is -0.135. The molecule has 0 aliphatic rings. The van der Waals surface area contributed by atoms with Gasteiger partial charge in [0.2, 0.25) is 0 Å². The lowest BCUT2D eigenvalue weighted by Crippen LogP contribution is -2.28. The van der Waals surface area contributed by atoms with Crippen molar-refractivity contribution in [1.82, 2.24) is 9.97 Å². The number of nitrogens with zero attached hydrogens (tertiary/aromatic N) is 3. The zero-order valence-corrected chi connectivity index (χ0v) is 16.7. The van der Waals surface area contributed by atoms with Crippen LogP contribution in [0.1, 0.15) is 11.1 Å². The summed E-state index contributed by atoms with van der Waals surface area (Å²) in [5, 5.41) is 0.639. The van der Waals surface area contributed by atoms with Gasteiger partial charge in [-0.25, -0.2) is 4.98 Å². The molecule has 0 saturated carbocycles. The topological polar surface area (TPSA) is 55.3 Å². The number of carbonyl (C=O) groups excluding carboxylic acids is 1. The molecule has 6 heteroatoms. The van der Waals surface area contributed by atoms with E-state index in [0.29, 0.717) is 11.7 Å². The largest absolute Gasteiger partial charge is 0.497 e. The molecule has 5 nitrogen and oxygen atoms in total. The number of methoxy groups -OCH3 is 1. The summed E-state index contributed by atoms with van der Waals surface area (Å²) >= 11 is 1.48. The van der Waals surface area contributed by atoms with Crippen LogP contribution in [0.5, 0.6) is 5.75 Å². The Hall–Kier alpha value is -3.51. The highest BCUT2D eigenvalue weighted by molar-refractivity contribution is 7.22. The summed E-state index contributed by atoms with van der Waals surface area (Å²) < 4.78 is 6.28. The highest BCUT2D eigenvalue weighted by Crippen LogP contribution is 2.32. The standard InChI is InChI=1S/C23H19N3O2S/c1-28-19-10-11-21-20(14-19)25-23(29-21)26(16-18-8-5-13-24-15-18)22(27)12-9-17-6-3-2-4-7-17/h2-15H,16H2,1H3/b12-9+. The number of amides is 1. The van der Waals surface area contributed by atoms with Crippen LogP contribution in [-0.2, 0) is 11.3 Å². The summed E-state index contributed by atoms with van der Waals surface area (Å²) in [7, 11) is 1.63. The molecule has 0 aliphatic heterocycles. The van der Waals surface area contributed by atoms with Crippen LogP contribution in [-0.4, -0.2) is 23.0 Å². The molecule has 4 rings (SSSR count). The molecule has 0 atom stereocenters. The molecular weight excluding hydrogens is 382 g/mol. The lowest BCUT2D eigenvalue weighted by Gasteiger charge is -2.18. The molecule has 0 radical (unpaired) electrons. The van der Waals surface area contributed by atoms with Gasteiger partial charge in [0.1, 0.15) is 5.75 Å². The van der Waals surface area contributed by atoms with Gasteiger partial charge in [0, 0.05) is 24.5 Å². The van der Waals surface area contributed by atoms with E-state index in [0.717, 1.165) is 27.1 Å². The fraction of sp³-hybridized carbons (Fsp3) is 0.0870. The fourth-order valence-electron chi connectivity index (χ4n) is 2.87. The van der Waals surface area contributed by atoms with Crippen LogP contribution in [0, 0.1) is 0 Å². The predicted molar refractivity (Wildman–Crippen MR) is 117 cm³/mol. The monoisotopic (exact) mass is 401 g/mol. The third kappa shape index (κ3) is 4.50. The Bertz CT molecular complexity index is 1140. The number of hydrogen-bond donors (Lipinski definition) is 0. The number of anilines is 1. The zero-order chi connectivity index (χ0) is 20.1. The number of aromatic nitrogens is 2. The minimum absolute atomic E-state index is 0.135. The summed E-state index contributed by atoms with van der Waals surface area (Å²) in [6, 6.07) is 19.3. The second kappa shape index (κ2) is 8.67. The minimum Gasteiger partial charge on any atom is -0.497 e. The van der Waals surface area contributed by atoms with Crippen LogP contribution in [0.4, 0.5) is 5.13 Å². The molecule has 1 amide bonds. The Balaban J connectivity index is 1.68. The van der Waals surface area contributed by atoms with Gasteiger partial charge in [0.25, 0.3) is 5.91 Å². The number of benzene rings is 2. The van der Waals surface area contributed by atoms with E-state index < -0.39 is 0 Å². The summed E-state index contributed by atoms with van der Waals surface area (Å²) in [6.07, 6.45) is 6.87. The molecule has 4 aromatic rings. The van der Waals surface area contributed by atoms with Crippen molar-refractivity contribution in [2.45, 2.75) is 6.54 Å². The SMILES string of the molecule is COc1ccc2sc(N(Cc3cccnc3)C(=O)/C=C/c3ccccc3)nc2c1. The van der Waals surface area contributed by atoms with Gasteiger partial charge in [-0.3, -0.25) is 14.7 Å². The second-order valence-corrected chi connectivity index (χ2v) is 7.37. The van der Waals surface area contributed by atoms with E-state index in [2.05, 4.69) is 9.97 Å². The Morgan fingerprint density at radius 1 is 1.14 bits per heavy atom. The van der Waals surface area contributed by atoms with Crippen molar-refractivity contribution in [2.75, 3.05) is 12.0 Å². The third-order valence-electron chi connectivity index (χ3n) is 4.36. The first-order chi connectivity index (χ1) is 14.2. The molecule has 0 unspecified atom stereocenters. The van der Waals surface area contributed by atoms with Crippen LogP contribution >= 0.6 is 11.3 Å². The lowest BCUT2D eigenvalue weighted by molar-refractivity contribution is -0.114. The Labute approximate surface area is 172 Å². The molecule has 0 fully saturated rings. The van der Waals surface area contributed by atoms with E-state index in [4.69, 9.17) is 4.74 Å². The summed E-state index contributed by atoms with van der Waals surface area (Å²) in [6.45, 7) is 0.392. The third-order valence-corrected chi connectivity index (χ3v) is 5.42. The number of hydrogen-bond acceptors (Lipinski definition) is 5. The van der Waals surface area contributed by atoms with Gasteiger partial charge in [-0.15, -0.1) is 0 Å². The van der Waals surface area contributed by atoms with Gasteiger partial charge in [0.05, 0.1) is 23.9 Å². The van der Waals surface area contributed by atoms with Crippen LogP contribution in [0.25, 0.3) is 16.3 Å². The van der Waals surface area contributed by atoms with Gasteiger partial charge in [-0.2, -0.15) is 0 Å². The van der Waals surface area contributed by atoms with E-state index in [-0.39, 0.29) is 5.91 Å². The Morgan fingerprint density at radius 2 is 2.00 bits per heavy atom. The number of ether oxygens (including phenoxy) is 1. The second-order valence-electron chi connectivity index (χ2n) is 6.36. The zero-order valence-electron chi connectivity index (χ0n) is 15.9. The van der Waals surface area contributed by atoms with Gasteiger partial charge in [0.15, 0.2) is 5.13 Å². The smallest absolute Gasteiger partial charge is 0.253 e. The Morgan fingerprint density at radius 3 is 2.76 bits per heavy atom. The van der Waals surface area contributed by atoms with Crippen LogP contribution in [0.2, 0.25) is 0 Å². The molecule has 0 N–H and O–H groups in total. The summed E-state index contributed by atoms with van der Waals surface area (Å²) in [5.74, 6) is 0.604. The van der Waals surface area contributed by atoms with Crippen molar-refractivity contribution in [3.63, 3.8) is 0 Å². The highest BCUT2D eigenvalue weighted by Gasteiger charge is 2.19. The molecule has 0 bridgehead atoms. The van der Waals surface area contributed by atoms with Crippen LogP contribution in [0.15, 0.2) is 79.1 Å². The van der Waals surface area contributed by atoms with E-state index in [1.807, 2.05) is 66.7 Å². The normalized spacial score (nSPS) is 11.1. The predicted octanol–water partition coefficient (Wildman–Crippen LogP) is 4.95. The number of carbonyl (C=O) groups is 1. The maximum absolute atomic E-state index is 13.1. The molecule has 0 spiro atoms. The molecule has 29 heavy (non-hydrogen) atoms. The quantitative estimate of drug-likeness (QED) is 0.429. The van der Waals surface area contributed by atoms with Gasteiger partial charge >= 0.3 is 0 Å². The first-order valence-corrected chi connectivity index (χ1v) is 9.93. The lowest BCUT2D eigenvalue weighted by atomic mass is 10.2. The number of rotatable bonds is 6. The first kappa shape index (κ1) is 18.8.